The van der Waals surface area contributed by atoms with Gasteiger partial charge in [-0.2, -0.15) is 0 Å². The van der Waals surface area contributed by atoms with Crippen LogP contribution in [-0.2, 0) is 28.6 Å². The number of methoxy groups -OCH3 is 1. The third kappa shape index (κ3) is 6.32. The molecule has 0 spiro atoms. The van der Waals surface area contributed by atoms with Crippen LogP contribution in [0.1, 0.15) is 51.7 Å². The van der Waals surface area contributed by atoms with Crippen LogP contribution in [-0.4, -0.2) is 48.8 Å². The summed E-state index contributed by atoms with van der Waals surface area (Å²) in [5.74, 6) is -2.44. The maximum Gasteiger partial charge on any atom is 0.336 e. The van der Waals surface area contributed by atoms with Gasteiger partial charge in [0.2, 0.25) is 0 Å². The van der Waals surface area contributed by atoms with E-state index in [1.165, 1.54) is 13.2 Å². The lowest BCUT2D eigenvalue weighted by Crippen LogP contribution is -2.34. The second-order valence-corrected chi connectivity index (χ2v) is 8.38. The largest absolute Gasteiger partial charge is 0.466 e. The molecule has 2 N–H and O–H groups in total. The second-order valence-electron chi connectivity index (χ2n) is 8.38. The van der Waals surface area contributed by atoms with E-state index in [2.05, 4.69) is 0 Å². The van der Waals surface area contributed by atoms with E-state index in [0.29, 0.717) is 16.8 Å². The maximum absolute atomic E-state index is 12.9. The van der Waals surface area contributed by atoms with Crippen molar-refractivity contribution < 1.29 is 28.6 Å². The zero-order valence-corrected chi connectivity index (χ0v) is 20.0. The van der Waals surface area contributed by atoms with Gasteiger partial charge in [0, 0.05) is 18.0 Å². The molecule has 0 saturated carbocycles. The van der Waals surface area contributed by atoms with Crippen LogP contribution in [0, 0.1) is 0 Å². The third-order valence-corrected chi connectivity index (χ3v) is 4.94. The number of hydrogen-bond acceptors (Lipinski definition) is 8. The van der Waals surface area contributed by atoms with Crippen molar-refractivity contribution in [3.63, 3.8) is 0 Å². The van der Waals surface area contributed by atoms with Gasteiger partial charge in [0.1, 0.15) is 5.60 Å². The topological polar surface area (TPSA) is 108 Å². The first kappa shape index (κ1) is 25.9. The molecule has 178 valence electrons. The molecular weight excluding hydrogens is 424 g/mol. The van der Waals surface area contributed by atoms with E-state index in [1.54, 1.807) is 76.1 Å². The summed E-state index contributed by atoms with van der Waals surface area (Å²) in [5.41, 5.74) is 7.57. The lowest BCUT2D eigenvalue weighted by molar-refractivity contribution is -0.148. The molecule has 33 heavy (non-hydrogen) atoms. The average Bonchev–Trinajstić information content (AvgIpc) is 2.76. The lowest BCUT2D eigenvalue weighted by Gasteiger charge is -2.33. The van der Waals surface area contributed by atoms with Crippen LogP contribution in [0.4, 0.5) is 0 Å². The third-order valence-electron chi connectivity index (χ3n) is 4.94. The number of rotatable bonds is 7. The molecule has 0 fully saturated rings. The molecule has 8 heteroatoms. The van der Waals surface area contributed by atoms with E-state index in [0.717, 1.165) is 0 Å². The summed E-state index contributed by atoms with van der Waals surface area (Å²) in [4.78, 5) is 39.6. The van der Waals surface area contributed by atoms with Gasteiger partial charge in [-0.25, -0.2) is 14.4 Å². The average molecular weight is 457 g/mol. The summed E-state index contributed by atoms with van der Waals surface area (Å²) in [5, 5.41) is 0. The van der Waals surface area contributed by atoms with Crippen molar-refractivity contribution in [2.45, 2.75) is 46.1 Å². The Balaban J connectivity index is 2.66. The Labute approximate surface area is 194 Å². The van der Waals surface area contributed by atoms with Gasteiger partial charge in [-0.1, -0.05) is 24.3 Å². The van der Waals surface area contributed by atoms with E-state index in [1.807, 2.05) is 0 Å². The highest BCUT2D eigenvalue weighted by atomic mass is 16.6. The Morgan fingerprint density at radius 3 is 2.39 bits per heavy atom. The normalized spacial score (nSPS) is 16.5. The Morgan fingerprint density at radius 1 is 1.15 bits per heavy atom. The van der Waals surface area contributed by atoms with E-state index in [4.69, 9.17) is 19.9 Å². The molecule has 1 heterocycles. The standard InChI is InChI=1S/C25H32N2O6/c1-7-32-23(29)19-14-27(15-26)16(2)21(24(30)31-6)22(19)18-11-9-8-10-17(18)12-13-20(28)33-25(3,4)5/h8-14,22H,7,15,26H2,1-6H3/b13-12+. The summed E-state index contributed by atoms with van der Waals surface area (Å²) in [6, 6.07) is 7.18. The Morgan fingerprint density at radius 2 is 1.82 bits per heavy atom. The monoisotopic (exact) mass is 456 g/mol. The number of ether oxygens (including phenoxy) is 3. The number of allylic oxidation sites excluding steroid dienone is 1. The molecule has 1 aromatic carbocycles. The number of nitrogens with zero attached hydrogens (tertiary/aromatic N) is 1. The summed E-state index contributed by atoms with van der Waals surface area (Å²) in [6.07, 6.45) is 4.52. The first-order valence-electron chi connectivity index (χ1n) is 10.7. The molecule has 1 unspecified atom stereocenters. The molecule has 8 nitrogen and oxygen atoms in total. The molecule has 0 amide bonds. The van der Waals surface area contributed by atoms with Gasteiger partial charge in [0.15, 0.2) is 0 Å². The number of benzene rings is 1. The van der Waals surface area contributed by atoms with Crippen LogP contribution in [0.25, 0.3) is 6.08 Å². The van der Waals surface area contributed by atoms with Gasteiger partial charge in [-0.15, -0.1) is 0 Å². The summed E-state index contributed by atoms with van der Waals surface area (Å²) >= 11 is 0. The van der Waals surface area contributed by atoms with Crippen LogP contribution < -0.4 is 5.73 Å². The highest BCUT2D eigenvalue weighted by Crippen LogP contribution is 2.41. The molecule has 0 aliphatic carbocycles. The van der Waals surface area contributed by atoms with Crippen molar-refractivity contribution in [3.8, 4) is 0 Å². The van der Waals surface area contributed by atoms with Crippen molar-refractivity contribution in [2.24, 2.45) is 5.73 Å². The molecule has 0 radical (unpaired) electrons. The molecule has 1 atom stereocenters. The zero-order valence-electron chi connectivity index (χ0n) is 20.0. The Kier molecular flexibility index (Phi) is 8.59. The van der Waals surface area contributed by atoms with Crippen molar-refractivity contribution >= 4 is 24.0 Å². The molecule has 1 aliphatic heterocycles. The summed E-state index contributed by atoms with van der Waals surface area (Å²) in [7, 11) is 1.28. The van der Waals surface area contributed by atoms with Gasteiger partial charge in [0.05, 0.1) is 37.4 Å². The molecule has 0 saturated heterocycles. The maximum atomic E-state index is 12.9. The SMILES string of the molecule is CCOC(=O)C1=CN(CN)C(C)=C(C(=O)OC)C1c1ccccc1/C=C/C(=O)OC(C)(C)C. The number of nitrogens with two attached hydrogens (primary N) is 1. The van der Waals surface area contributed by atoms with Gasteiger partial charge < -0.3 is 24.8 Å². The Bertz CT molecular complexity index is 1000. The van der Waals surface area contributed by atoms with Gasteiger partial charge in [-0.3, -0.25) is 0 Å². The first-order valence-corrected chi connectivity index (χ1v) is 10.7. The quantitative estimate of drug-likeness (QED) is 0.378. The highest BCUT2D eigenvalue weighted by molar-refractivity contribution is 5.99. The van der Waals surface area contributed by atoms with Crippen LogP contribution in [0.3, 0.4) is 0 Å². The molecule has 1 aliphatic rings. The molecule has 2 rings (SSSR count). The smallest absolute Gasteiger partial charge is 0.336 e. The number of carbonyl (C=O) groups excluding carboxylic acids is 3. The predicted molar refractivity (Wildman–Crippen MR) is 124 cm³/mol. The van der Waals surface area contributed by atoms with Crippen LogP contribution in [0.5, 0.6) is 0 Å². The van der Waals surface area contributed by atoms with Crippen molar-refractivity contribution in [1.82, 2.24) is 4.90 Å². The van der Waals surface area contributed by atoms with E-state index < -0.39 is 29.4 Å². The summed E-state index contributed by atoms with van der Waals surface area (Å²) in [6.45, 7) is 9.02. The van der Waals surface area contributed by atoms with Gasteiger partial charge in [-0.05, 0) is 51.8 Å². The predicted octanol–water partition coefficient (Wildman–Crippen LogP) is 3.25. The van der Waals surface area contributed by atoms with Crippen LogP contribution in [0.2, 0.25) is 0 Å². The van der Waals surface area contributed by atoms with Crippen LogP contribution in [0.15, 0.2) is 53.4 Å². The van der Waals surface area contributed by atoms with E-state index in [9.17, 15) is 14.4 Å². The van der Waals surface area contributed by atoms with E-state index in [-0.39, 0.29) is 24.4 Å². The molecule has 1 aromatic rings. The van der Waals surface area contributed by atoms with Gasteiger partial charge in [0.25, 0.3) is 0 Å². The highest BCUT2D eigenvalue weighted by Gasteiger charge is 2.38. The van der Waals surface area contributed by atoms with Crippen LogP contribution >= 0.6 is 0 Å². The van der Waals surface area contributed by atoms with Gasteiger partial charge >= 0.3 is 17.9 Å². The second kappa shape index (κ2) is 11.0. The van der Waals surface area contributed by atoms with Crippen molar-refractivity contribution in [1.29, 1.82) is 0 Å². The lowest BCUT2D eigenvalue weighted by atomic mass is 9.79. The fourth-order valence-corrected chi connectivity index (χ4v) is 3.55. The fraction of sp³-hybridized carbons (Fsp3) is 0.400. The number of carbonyl (C=O) groups is 3. The minimum Gasteiger partial charge on any atom is -0.466 e. The Hall–Kier alpha value is -3.39. The molecule has 0 bridgehead atoms. The zero-order chi connectivity index (χ0) is 24.8. The number of hydrogen-bond donors (Lipinski definition) is 1. The first-order chi connectivity index (χ1) is 15.5. The van der Waals surface area contributed by atoms with Crippen molar-refractivity contribution in [2.75, 3.05) is 20.4 Å². The van der Waals surface area contributed by atoms with E-state index >= 15 is 0 Å². The summed E-state index contributed by atoms with van der Waals surface area (Å²) < 4.78 is 15.7. The van der Waals surface area contributed by atoms with Crippen molar-refractivity contribution in [3.05, 3.63) is 64.5 Å². The minimum atomic E-state index is -0.779. The fourth-order valence-electron chi connectivity index (χ4n) is 3.55. The number of esters is 3. The molecule has 0 aromatic heterocycles. The minimum absolute atomic E-state index is 0.0577. The molecular formula is C25H32N2O6.